The molecule has 0 radical (unpaired) electrons. The van der Waals surface area contributed by atoms with Gasteiger partial charge in [-0.2, -0.15) is 0 Å². The number of anilines is 2. The molecule has 21 heavy (non-hydrogen) atoms. The van der Waals surface area contributed by atoms with E-state index >= 15 is 0 Å². The molecular weight excluding hydrogens is 270 g/mol. The second kappa shape index (κ2) is 6.97. The number of benzene rings is 1. The topological polar surface area (TPSA) is 93.4 Å². The first kappa shape index (κ1) is 16.8. The highest BCUT2D eigenvalue weighted by molar-refractivity contribution is 5.99. The minimum Gasteiger partial charge on any atom is -0.462 e. The summed E-state index contributed by atoms with van der Waals surface area (Å²) in [5.41, 5.74) is 6.58. The zero-order valence-electron chi connectivity index (χ0n) is 12.9. The Labute approximate surface area is 125 Å². The van der Waals surface area contributed by atoms with Crippen molar-refractivity contribution < 1.29 is 14.3 Å². The first-order chi connectivity index (χ1) is 9.83. The Kier molecular flexibility index (Phi) is 5.58. The monoisotopic (exact) mass is 293 g/mol. The van der Waals surface area contributed by atoms with Crippen molar-refractivity contribution >= 4 is 23.3 Å². The van der Waals surface area contributed by atoms with Crippen LogP contribution in [-0.2, 0) is 9.53 Å². The number of nitrogens with one attached hydrogen (secondary N) is 2. The highest BCUT2D eigenvalue weighted by Crippen LogP contribution is 2.26. The highest BCUT2D eigenvalue weighted by atomic mass is 16.5. The summed E-state index contributed by atoms with van der Waals surface area (Å²) in [7, 11) is 1.59. The molecule has 0 spiro atoms. The summed E-state index contributed by atoms with van der Waals surface area (Å²) in [6.07, 6.45) is 0. The van der Waals surface area contributed by atoms with E-state index in [2.05, 4.69) is 10.6 Å². The van der Waals surface area contributed by atoms with Crippen molar-refractivity contribution in [1.29, 1.82) is 0 Å². The third-order valence-electron chi connectivity index (χ3n) is 3.14. The predicted molar refractivity (Wildman–Crippen MR) is 83.1 cm³/mol. The molecule has 0 saturated carbocycles. The summed E-state index contributed by atoms with van der Waals surface area (Å²) in [4.78, 5) is 23.7. The second-order valence-electron chi connectivity index (χ2n) is 5.31. The van der Waals surface area contributed by atoms with Gasteiger partial charge >= 0.3 is 5.97 Å². The van der Waals surface area contributed by atoms with Crippen LogP contribution in [0.25, 0.3) is 0 Å². The molecule has 1 aromatic carbocycles. The molecule has 0 aliphatic heterocycles. The summed E-state index contributed by atoms with van der Waals surface area (Å²) in [5, 5.41) is 5.70. The maximum atomic E-state index is 11.9. The van der Waals surface area contributed by atoms with Crippen molar-refractivity contribution in [3.63, 3.8) is 0 Å². The Balaban J connectivity index is 2.98. The van der Waals surface area contributed by atoms with Crippen LogP contribution in [0, 0.1) is 5.41 Å². The van der Waals surface area contributed by atoms with Crippen molar-refractivity contribution in [2.75, 3.05) is 31.2 Å². The van der Waals surface area contributed by atoms with Gasteiger partial charge in [0.05, 0.1) is 29.0 Å². The number of para-hydroxylation sites is 1. The van der Waals surface area contributed by atoms with E-state index in [1.54, 1.807) is 32.2 Å². The fourth-order valence-electron chi connectivity index (χ4n) is 1.87. The fourth-order valence-corrected chi connectivity index (χ4v) is 1.87. The highest BCUT2D eigenvalue weighted by Gasteiger charge is 2.27. The lowest BCUT2D eigenvalue weighted by molar-refractivity contribution is -0.128. The lowest BCUT2D eigenvalue weighted by atomic mass is 9.92. The van der Waals surface area contributed by atoms with Crippen LogP contribution in [0.4, 0.5) is 11.4 Å². The van der Waals surface area contributed by atoms with E-state index in [1.165, 1.54) is 0 Å². The van der Waals surface area contributed by atoms with Gasteiger partial charge in [-0.1, -0.05) is 6.07 Å². The Morgan fingerprint density at radius 3 is 2.57 bits per heavy atom. The van der Waals surface area contributed by atoms with Gasteiger partial charge in [0.2, 0.25) is 5.91 Å². The van der Waals surface area contributed by atoms with Gasteiger partial charge in [-0.3, -0.25) is 4.79 Å². The van der Waals surface area contributed by atoms with Crippen LogP contribution < -0.4 is 16.4 Å². The molecule has 4 N–H and O–H groups in total. The summed E-state index contributed by atoms with van der Waals surface area (Å²) < 4.78 is 5.01. The SMILES string of the molecule is CCOC(=O)c1cccc(N)c1NCC(C)(C)C(=O)NC. The number of amides is 1. The van der Waals surface area contributed by atoms with Crippen LogP contribution in [0.15, 0.2) is 18.2 Å². The molecule has 0 aromatic heterocycles. The van der Waals surface area contributed by atoms with E-state index in [-0.39, 0.29) is 12.5 Å². The molecule has 116 valence electrons. The predicted octanol–water partition coefficient (Wildman–Crippen LogP) is 1.63. The van der Waals surface area contributed by atoms with Crippen LogP contribution >= 0.6 is 0 Å². The van der Waals surface area contributed by atoms with E-state index in [1.807, 2.05) is 13.8 Å². The molecule has 0 atom stereocenters. The van der Waals surface area contributed by atoms with Crippen LogP contribution in [0.5, 0.6) is 0 Å². The lowest BCUT2D eigenvalue weighted by Crippen LogP contribution is -2.39. The number of carbonyl (C=O) groups is 2. The van der Waals surface area contributed by atoms with E-state index in [0.29, 0.717) is 23.5 Å². The fraction of sp³-hybridized carbons (Fsp3) is 0.467. The van der Waals surface area contributed by atoms with Gasteiger partial charge in [-0.15, -0.1) is 0 Å². The van der Waals surface area contributed by atoms with Gasteiger partial charge in [0.25, 0.3) is 0 Å². The molecule has 0 aliphatic carbocycles. The van der Waals surface area contributed by atoms with Gasteiger partial charge in [-0.25, -0.2) is 4.79 Å². The van der Waals surface area contributed by atoms with Crippen LogP contribution in [0.2, 0.25) is 0 Å². The third-order valence-corrected chi connectivity index (χ3v) is 3.14. The average molecular weight is 293 g/mol. The molecule has 0 unspecified atom stereocenters. The number of rotatable bonds is 6. The zero-order chi connectivity index (χ0) is 16.0. The van der Waals surface area contributed by atoms with Crippen molar-refractivity contribution in [3.8, 4) is 0 Å². The Hall–Kier alpha value is -2.24. The minimum absolute atomic E-state index is 0.0952. The number of nitrogen functional groups attached to an aromatic ring is 1. The quantitative estimate of drug-likeness (QED) is 0.547. The average Bonchev–Trinajstić information content (AvgIpc) is 2.45. The first-order valence-corrected chi connectivity index (χ1v) is 6.85. The van der Waals surface area contributed by atoms with Gasteiger partial charge in [0.1, 0.15) is 0 Å². The normalized spacial score (nSPS) is 10.9. The first-order valence-electron chi connectivity index (χ1n) is 6.85. The number of carbonyl (C=O) groups excluding carboxylic acids is 2. The van der Waals surface area contributed by atoms with Crippen LogP contribution in [-0.4, -0.2) is 32.1 Å². The van der Waals surface area contributed by atoms with Crippen molar-refractivity contribution in [2.45, 2.75) is 20.8 Å². The Morgan fingerprint density at radius 1 is 1.33 bits per heavy atom. The summed E-state index contributed by atoms with van der Waals surface area (Å²) in [5.74, 6) is -0.535. The number of hydrogen-bond acceptors (Lipinski definition) is 5. The summed E-state index contributed by atoms with van der Waals surface area (Å²) in [6.45, 7) is 5.99. The summed E-state index contributed by atoms with van der Waals surface area (Å²) >= 11 is 0. The molecule has 1 amide bonds. The molecular formula is C15H23N3O3. The van der Waals surface area contributed by atoms with Gasteiger partial charge < -0.3 is 21.1 Å². The molecule has 6 nitrogen and oxygen atoms in total. The van der Waals surface area contributed by atoms with Gasteiger partial charge in [0, 0.05) is 13.6 Å². The van der Waals surface area contributed by atoms with Gasteiger partial charge in [0.15, 0.2) is 0 Å². The van der Waals surface area contributed by atoms with E-state index < -0.39 is 11.4 Å². The van der Waals surface area contributed by atoms with E-state index in [4.69, 9.17) is 10.5 Å². The Morgan fingerprint density at radius 2 is 2.00 bits per heavy atom. The lowest BCUT2D eigenvalue weighted by Gasteiger charge is -2.24. The van der Waals surface area contributed by atoms with Crippen molar-refractivity contribution in [1.82, 2.24) is 5.32 Å². The van der Waals surface area contributed by atoms with Crippen molar-refractivity contribution in [3.05, 3.63) is 23.8 Å². The molecule has 1 aromatic rings. The minimum atomic E-state index is -0.636. The second-order valence-corrected chi connectivity index (χ2v) is 5.31. The van der Waals surface area contributed by atoms with Crippen LogP contribution in [0.1, 0.15) is 31.1 Å². The number of ether oxygens (including phenoxy) is 1. The number of esters is 1. The molecule has 0 bridgehead atoms. The zero-order valence-corrected chi connectivity index (χ0v) is 12.9. The maximum absolute atomic E-state index is 11.9. The Bertz CT molecular complexity index is 527. The molecule has 6 heteroatoms. The maximum Gasteiger partial charge on any atom is 0.340 e. The standard InChI is InChI=1S/C15H23N3O3/c1-5-21-13(19)10-7-6-8-11(16)12(10)18-9-15(2,3)14(20)17-4/h6-8,18H,5,9,16H2,1-4H3,(H,17,20). The molecule has 0 aliphatic rings. The molecule has 0 heterocycles. The van der Waals surface area contributed by atoms with E-state index in [0.717, 1.165) is 0 Å². The molecule has 0 fully saturated rings. The molecule has 0 saturated heterocycles. The van der Waals surface area contributed by atoms with Crippen molar-refractivity contribution in [2.24, 2.45) is 5.41 Å². The van der Waals surface area contributed by atoms with Gasteiger partial charge in [-0.05, 0) is 32.9 Å². The summed E-state index contributed by atoms with van der Waals surface area (Å²) in [6, 6.07) is 5.03. The largest absolute Gasteiger partial charge is 0.462 e. The van der Waals surface area contributed by atoms with E-state index in [9.17, 15) is 9.59 Å². The number of hydrogen-bond donors (Lipinski definition) is 3. The van der Waals surface area contributed by atoms with Crippen LogP contribution in [0.3, 0.4) is 0 Å². The number of nitrogens with two attached hydrogens (primary N) is 1. The molecule has 1 rings (SSSR count). The third kappa shape index (κ3) is 4.11. The smallest absolute Gasteiger partial charge is 0.340 e.